The quantitative estimate of drug-likeness (QED) is 0.289. The average molecular weight is 616 g/mol. The Hall–Kier alpha value is -4.32. The number of nitrogens with one attached hydrogen (secondary N) is 1. The highest BCUT2D eigenvalue weighted by Gasteiger charge is 2.33. The monoisotopic (exact) mass is 615 g/mol. The summed E-state index contributed by atoms with van der Waals surface area (Å²) in [5.41, 5.74) is 0.732. The number of hydrogen-bond acceptors (Lipinski definition) is 7. The lowest BCUT2D eigenvalue weighted by Gasteiger charge is -2.32. The molecule has 10 nitrogen and oxygen atoms in total. The van der Waals surface area contributed by atoms with Crippen molar-refractivity contribution in [3.8, 4) is 17.2 Å². The van der Waals surface area contributed by atoms with Gasteiger partial charge in [-0.05, 0) is 66.9 Å². The Morgan fingerprint density at radius 1 is 0.884 bits per heavy atom. The van der Waals surface area contributed by atoms with Crippen molar-refractivity contribution in [3.63, 3.8) is 0 Å². The summed E-state index contributed by atoms with van der Waals surface area (Å²) in [5, 5.41) is 2.84. The number of amides is 2. The summed E-state index contributed by atoms with van der Waals surface area (Å²) >= 11 is 0. The van der Waals surface area contributed by atoms with E-state index in [2.05, 4.69) is 5.32 Å². The number of carbonyl (C=O) groups excluding carboxylic acids is 2. The van der Waals surface area contributed by atoms with E-state index in [1.54, 1.807) is 31.2 Å². The first kappa shape index (κ1) is 33.2. The van der Waals surface area contributed by atoms with Gasteiger partial charge >= 0.3 is 0 Å². The Kier molecular flexibility index (Phi) is 11.4. The van der Waals surface area contributed by atoms with E-state index in [9.17, 15) is 22.4 Å². The first-order valence-corrected chi connectivity index (χ1v) is 15.1. The van der Waals surface area contributed by atoms with Gasteiger partial charge in [0.15, 0.2) is 11.5 Å². The number of carbonyl (C=O) groups is 2. The van der Waals surface area contributed by atoms with Crippen LogP contribution in [0.25, 0.3) is 0 Å². The van der Waals surface area contributed by atoms with Crippen LogP contribution in [0.1, 0.15) is 26.3 Å². The maximum Gasteiger partial charge on any atom is 0.264 e. The molecular formula is C31H38FN3O7S. The predicted molar refractivity (Wildman–Crippen MR) is 161 cm³/mol. The summed E-state index contributed by atoms with van der Waals surface area (Å²) in [6.45, 7) is 5.21. The van der Waals surface area contributed by atoms with Crippen molar-refractivity contribution in [1.29, 1.82) is 0 Å². The highest BCUT2D eigenvalue weighted by molar-refractivity contribution is 7.92. The Balaban J connectivity index is 2.06. The van der Waals surface area contributed by atoms with E-state index < -0.39 is 34.3 Å². The maximum absolute atomic E-state index is 14.0. The standard InChI is InChI=1S/C31H38FN3O7S/c1-21(2)18-33-31(37)22(3)34(19-23-8-7-9-26(16-23)40-4)30(36)20-35(25-12-10-24(32)11-13-25)43(38,39)27-14-15-28(41-5)29(17-27)42-6/h7-17,21-22H,18-20H2,1-6H3,(H,33,37). The normalized spacial score (nSPS) is 11.9. The minimum Gasteiger partial charge on any atom is -0.497 e. The van der Waals surface area contributed by atoms with Crippen LogP contribution in [-0.2, 0) is 26.2 Å². The van der Waals surface area contributed by atoms with Crippen molar-refractivity contribution in [2.24, 2.45) is 5.92 Å². The van der Waals surface area contributed by atoms with E-state index in [4.69, 9.17) is 14.2 Å². The summed E-state index contributed by atoms with van der Waals surface area (Å²) < 4.78 is 58.6. The lowest BCUT2D eigenvalue weighted by molar-refractivity contribution is -0.139. The van der Waals surface area contributed by atoms with Gasteiger partial charge in [-0.3, -0.25) is 13.9 Å². The highest BCUT2D eigenvalue weighted by atomic mass is 32.2. The van der Waals surface area contributed by atoms with E-state index in [1.165, 1.54) is 56.6 Å². The molecule has 1 atom stereocenters. The molecule has 0 aliphatic rings. The molecule has 43 heavy (non-hydrogen) atoms. The molecule has 0 saturated carbocycles. The fraction of sp³-hybridized carbons (Fsp3) is 0.355. The Bertz CT molecular complexity index is 1510. The van der Waals surface area contributed by atoms with E-state index in [-0.39, 0.29) is 34.7 Å². The number of sulfonamides is 1. The lowest BCUT2D eigenvalue weighted by atomic mass is 10.1. The number of benzene rings is 3. The predicted octanol–water partition coefficient (Wildman–Crippen LogP) is 4.24. The largest absolute Gasteiger partial charge is 0.497 e. The molecule has 3 aromatic rings. The zero-order valence-electron chi connectivity index (χ0n) is 25.2. The minimum atomic E-state index is -4.40. The van der Waals surface area contributed by atoms with Crippen LogP contribution in [0.3, 0.4) is 0 Å². The zero-order valence-corrected chi connectivity index (χ0v) is 26.0. The van der Waals surface area contributed by atoms with E-state index in [0.717, 1.165) is 16.4 Å². The number of ether oxygens (including phenoxy) is 3. The molecule has 0 spiro atoms. The average Bonchev–Trinajstić information content (AvgIpc) is 3.00. The molecule has 1 N–H and O–H groups in total. The molecule has 232 valence electrons. The third-order valence-electron chi connectivity index (χ3n) is 6.68. The molecule has 0 radical (unpaired) electrons. The fourth-order valence-electron chi connectivity index (χ4n) is 4.24. The van der Waals surface area contributed by atoms with Crippen molar-refractivity contribution < 1.29 is 36.6 Å². The van der Waals surface area contributed by atoms with Crippen LogP contribution >= 0.6 is 0 Å². The Morgan fingerprint density at radius 3 is 2.16 bits per heavy atom. The molecule has 0 fully saturated rings. The van der Waals surface area contributed by atoms with E-state index in [0.29, 0.717) is 23.6 Å². The number of rotatable bonds is 14. The number of halogens is 1. The summed E-state index contributed by atoms with van der Waals surface area (Å²) in [6, 6.07) is 14.9. The topological polar surface area (TPSA) is 114 Å². The summed E-state index contributed by atoms with van der Waals surface area (Å²) in [5.74, 6) is -0.385. The third-order valence-corrected chi connectivity index (χ3v) is 8.45. The highest BCUT2D eigenvalue weighted by Crippen LogP contribution is 2.32. The van der Waals surface area contributed by atoms with Crippen LogP contribution in [0.4, 0.5) is 10.1 Å². The van der Waals surface area contributed by atoms with Crippen LogP contribution in [-0.4, -0.2) is 65.6 Å². The molecule has 0 saturated heterocycles. The molecular weight excluding hydrogens is 577 g/mol. The van der Waals surface area contributed by atoms with Gasteiger partial charge in [0, 0.05) is 19.2 Å². The van der Waals surface area contributed by atoms with Gasteiger partial charge in [-0.2, -0.15) is 0 Å². The second kappa shape index (κ2) is 14.7. The molecule has 0 bridgehead atoms. The molecule has 2 amide bonds. The van der Waals surface area contributed by atoms with Crippen LogP contribution in [0.15, 0.2) is 71.6 Å². The second-order valence-electron chi connectivity index (χ2n) is 10.2. The van der Waals surface area contributed by atoms with E-state index >= 15 is 0 Å². The first-order chi connectivity index (χ1) is 20.4. The van der Waals surface area contributed by atoms with Gasteiger partial charge in [-0.15, -0.1) is 0 Å². The maximum atomic E-state index is 14.0. The zero-order chi connectivity index (χ0) is 31.7. The molecule has 0 aliphatic heterocycles. The van der Waals surface area contributed by atoms with Gasteiger partial charge in [0.1, 0.15) is 24.2 Å². The molecule has 0 aromatic heterocycles. The fourth-order valence-corrected chi connectivity index (χ4v) is 5.67. The van der Waals surface area contributed by atoms with Crippen LogP contribution in [0, 0.1) is 11.7 Å². The van der Waals surface area contributed by atoms with Gasteiger partial charge in [0.25, 0.3) is 10.0 Å². The van der Waals surface area contributed by atoms with Crippen LogP contribution in [0.2, 0.25) is 0 Å². The van der Waals surface area contributed by atoms with Crippen molar-refractivity contribution in [2.75, 3.05) is 38.7 Å². The first-order valence-electron chi connectivity index (χ1n) is 13.6. The van der Waals surface area contributed by atoms with Gasteiger partial charge in [-0.25, -0.2) is 12.8 Å². The molecule has 1 unspecified atom stereocenters. The smallest absolute Gasteiger partial charge is 0.264 e. The molecule has 12 heteroatoms. The Labute approximate surface area is 252 Å². The molecule has 3 rings (SSSR count). The third kappa shape index (κ3) is 8.38. The molecule has 0 heterocycles. The van der Waals surface area contributed by atoms with Gasteiger partial charge in [-0.1, -0.05) is 26.0 Å². The summed E-state index contributed by atoms with van der Waals surface area (Å²) in [4.78, 5) is 28.3. The minimum absolute atomic E-state index is 0.0000370. The summed E-state index contributed by atoms with van der Waals surface area (Å²) in [6.07, 6.45) is 0. The van der Waals surface area contributed by atoms with Crippen molar-refractivity contribution in [2.45, 2.75) is 38.3 Å². The lowest BCUT2D eigenvalue weighted by Crippen LogP contribution is -2.51. The van der Waals surface area contributed by atoms with Crippen molar-refractivity contribution >= 4 is 27.5 Å². The van der Waals surface area contributed by atoms with Crippen molar-refractivity contribution in [1.82, 2.24) is 10.2 Å². The van der Waals surface area contributed by atoms with E-state index in [1.807, 2.05) is 13.8 Å². The number of nitrogens with zero attached hydrogens (tertiary/aromatic N) is 2. The molecule has 3 aromatic carbocycles. The number of anilines is 1. The SMILES string of the molecule is COc1cccc(CN(C(=O)CN(c2ccc(F)cc2)S(=O)(=O)c2ccc(OC)c(OC)c2)C(C)C(=O)NCC(C)C)c1. The summed E-state index contributed by atoms with van der Waals surface area (Å²) in [7, 11) is -0.0851. The van der Waals surface area contributed by atoms with Crippen molar-refractivity contribution in [3.05, 3.63) is 78.1 Å². The number of methoxy groups -OCH3 is 3. The second-order valence-corrected chi connectivity index (χ2v) is 12.1. The van der Waals surface area contributed by atoms with Crippen LogP contribution < -0.4 is 23.8 Å². The van der Waals surface area contributed by atoms with Gasteiger partial charge < -0.3 is 24.4 Å². The van der Waals surface area contributed by atoms with Crippen LogP contribution in [0.5, 0.6) is 17.2 Å². The number of hydrogen-bond donors (Lipinski definition) is 1. The van der Waals surface area contributed by atoms with Gasteiger partial charge in [0.2, 0.25) is 11.8 Å². The molecule has 0 aliphatic carbocycles. The Morgan fingerprint density at radius 2 is 1.56 bits per heavy atom. The van der Waals surface area contributed by atoms with Gasteiger partial charge in [0.05, 0.1) is 31.9 Å².